The van der Waals surface area contributed by atoms with E-state index in [1.54, 1.807) is 0 Å². The minimum Gasteiger partial charge on any atom is -0.439 e. The van der Waals surface area contributed by atoms with Crippen LogP contribution in [0.5, 0.6) is 0 Å². The molecule has 280 valence electrons. The maximum absolute atomic E-state index is 6.54. The minimum absolute atomic E-state index is 0.871. The molecule has 4 heterocycles. The molecule has 0 aliphatic heterocycles. The molecule has 13 rings (SSSR count). The summed E-state index contributed by atoms with van der Waals surface area (Å²) in [4.78, 5) is 0. The largest absolute Gasteiger partial charge is 0.439 e. The molecule has 9 aromatic carbocycles. The Hall–Kier alpha value is -8.08. The third kappa shape index (κ3) is 4.79. The first-order valence-corrected chi connectivity index (χ1v) is 20.5. The summed E-state index contributed by atoms with van der Waals surface area (Å²) in [5, 5.41) is 8.45. The normalized spacial score (nSPS) is 12.0. The average molecular weight is 766 g/mol. The van der Waals surface area contributed by atoms with E-state index in [9.17, 15) is 0 Å². The van der Waals surface area contributed by atoms with Crippen LogP contribution in [-0.4, -0.2) is 13.7 Å². The van der Waals surface area contributed by atoms with E-state index in [1.807, 2.05) is 6.07 Å². The Balaban J connectivity index is 0.914. The molecule has 0 aliphatic carbocycles. The van der Waals surface area contributed by atoms with Crippen LogP contribution in [-0.2, 0) is 0 Å². The zero-order chi connectivity index (χ0) is 39.3. The number of aromatic nitrogens is 3. The Labute approximate surface area is 345 Å². The van der Waals surface area contributed by atoms with Gasteiger partial charge in [-0.2, -0.15) is 0 Å². The fourth-order valence-corrected chi connectivity index (χ4v) is 9.75. The zero-order valence-corrected chi connectivity index (χ0v) is 32.5. The van der Waals surface area contributed by atoms with Gasteiger partial charge in [-0.3, -0.25) is 4.57 Å². The second kappa shape index (κ2) is 12.7. The van der Waals surface area contributed by atoms with Crippen LogP contribution in [0.15, 0.2) is 217 Å². The fourth-order valence-electron chi connectivity index (χ4n) is 9.75. The van der Waals surface area contributed by atoms with Crippen LogP contribution in [0.1, 0.15) is 0 Å². The van der Waals surface area contributed by atoms with Crippen molar-refractivity contribution in [2.24, 2.45) is 0 Å². The molecule has 0 radical (unpaired) electrons. The molecule has 0 spiro atoms. The third-order valence-corrected chi connectivity index (χ3v) is 12.5. The molecule has 13 aromatic rings. The van der Waals surface area contributed by atoms with Gasteiger partial charge in [0.2, 0.25) is 5.71 Å². The van der Waals surface area contributed by atoms with Crippen molar-refractivity contribution in [3.63, 3.8) is 0 Å². The monoisotopic (exact) mass is 765 g/mol. The molecule has 4 aromatic heterocycles. The van der Waals surface area contributed by atoms with Gasteiger partial charge in [0.1, 0.15) is 5.58 Å². The topological polar surface area (TPSA) is 27.9 Å². The van der Waals surface area contributed by atoms with Crippen molar-refractivity contribution in [3.8, 4) is 39.3 Å². The first kappa shape index (κ1) is 32.9. The number of nitrogens with zero attached hydrogens (tertiary/aromatic N) is 3. The van der Waals surface area contributed by atoms with Crippen LogP contribution in [0.3, 0.4) is 0 Å². The third-order valence-electron chi connectivity index (χ3n) is 12.5. The number of furan rings is 1. The number of hydrogen-bond donors (Lipinski definition) is 0. The van der Waals surface area contributed by atoms with Crippen molar-refractivity contribution in [2.45, 2.75) is 0 Å². The highest BCUT2D eigenvalue weighted by Crippen LogP contribution is 2.42. The molecule has 60 heavy (non-hydrogen) atoms. The summed E-state index contributed by atoms with van der Waals surface area (Å²) in [5.41, 5.74) is 15.8. The Morgan fingerprint density at radius 1 is 0.267 bits per heavy atom. The van der Waals surface area contributed by atoms with Gasteiger partial charge in [-0.05, 0) is 113 Å². The highest BCUT2D eigenvalue weighted by atomic mass is 16.3. The van der Waals surface area contributed by atoms with Gasteiger partial charge in [0.15, 0.2) is 0 Å². The average Bonchev–Trinajstić information content (AvgIpc) is 4.05. The van der Waals surface area contributed by atoms with Crippen LogP contribution in [0.2, 0.25) is 0 Å². The first-order chi connectivity index (χ1) is 29.8. The van der Waals surface area contributed by atoms with Gasteiger partial charge in [0.05, 0.1) is 33.0 Å². The molecule has 0 aliphatic rings. The number of hydrogen-bond acceptors (Lipinski definition) is 1. The van der Waals surface area contributed by atoms with E-state index < -0.39 is 0 Å². The van der Waals surface area contributed by atoms with Gasteiger partial charge in [0, 0.05) is 49.4 Å². The fraction of sp³-hybridized carbons (Fsp3) is 0. The molecule has 0 atom stereocenters. The summed E-state index contributed by atoms with van der Waals surface area (Å²) in [7, 11) is 0. The van der Waals surface area contributed by atoms with E-state index in [1.165, 1.54) is 76.9 Å². The molecule has 0 amide bonds. The first-order valence-electron chi connectivity index (χ1n) is 20.5. The highest BCUT2D eigenvalue weighted by Gasteiger charge is 2.20. The maximum Gasteiger partial charge on any atom is 0.213 e. The number of fused-ring (bicyclic) bond motifs is 11. The van der Waals surface area contributed by atoms with Gasteiger partial charge in [0.25, 0.3) is 0 Å². The maximum atomic E-state index is 6.54. The van der Waals surface area contributed by atoms with Crippen molar-refractivity contribution < 1.29 is 4.42 Å². The number of para-hydroxylation sites is 5. The molecule has 0 saturated heterocycles. The summed E-state index contributed by atoms with van der Waals surface area (Å²) in [6.45, 7) is 0. The Bertz CT molecular complexity index is 3810. The van der Waals surface area contributed by atoms with Gasteiger partial charge in [-0.25, -0.2) is 0 Å². The molecule has 0 fully saturated rings. The summed E-state index contributed by atoms with van der Waals surface area (Å²) in [6, 6.07) is 76.7. The molecule has 0 saturated carbocycles. The van der Waals surface area contributed by atoms with Crippen molar-refractivity contribution in [3.05, 3.63) is 212 Å². The lowest BCUT2D eigenvalue weighted by atomic mass is 10.0. The van der Waals surface area contributed by atoms with Crippen LogP contribution < -0.4 is 0 Å². The van der Waals surface area contributed by atoms with Gasteiger partial charge < -0.3 is 13.6 Å². The summed E-state index contributed by atoms with van der Waals surface area (Å²) >= 11 is 0. The van der Waals surface area contributed by atoms with E-state index >= 15 is 0 Å². The predicted octanol–water partition coefficient (Wildman–Crippen LogP) is 15.1. The van der Waals surface area contributed by atoms with E-state index in [4.69, 9.17) is 4.42 Å². The second-order valence-corrected chi connectivity index (χ2v) is 15.7. The van der Waals surface area contributed by atoms with E-state index in [0.717, 1.165) is 39.0 Å². The van der Waals surface area contributed by atoms with Crippen molar-refractivity contribution in [2.75, 3.05) is 0 Å². The van der Waals surface area contributed by atoms with Crippen LogP contribution in [0.4, 0.5) is 0 Å². The minimum atomic E-state index is 0.871. The second-order valence-electron chi connectivity index (χ2n) is 15.7. The molecule has 4 heteroatoms. The molecule has 0 bridgehead atoms. The number of rotatable bonds is 5. The Kier molecular flexibility index (Phi) is 6.98. The van der Waals surface area contributed by atoms with E-state index in [0.29, 0.717) is 0 Å². The van der Waals surface area contributed by atoms with Gasteiger partial charge in [-0.1, -0.05) is 121 Å². The Morgan fingerprint density at radius 3 is 1.25 bits per heavy atom. The van der Waals surface area contributed by atoms with Crippen LogP contribution >= 0.6 is 0 Å². The summed E-state index contributed by atoms with van der Waals surface area (Å²) in [5.74, 6) is 0. The molecule has 0 N–H and O–H groups in total. The summed E-state index contributed by atoms with van der Waals surface area (Å²) < 4.78 is 13.6. The van der Waals surface area contributed by atoms with Crippen molar-refractivity contribution in [1.82, 2.24) is 13.7 Å². The van der Waals surface area contributed by atoms with Gasteiger partial charge >= 0.3 is 0 Å². The zero-order valence-electron chi connectivity index (χ0n) is 32.5. The SMILES string of the molecule is c1ccc(-n2c3ccccc3c3cc(-c4ccc5c(c4)c4ccccc4n5-c4ccc(-c5ccc6c(c5)c5c7ccccc7oc5n6-c5ccccc5)cc4)ccc32)cc1. The smallest absolute Gasteiger partial charge is 0.213 e. The Morgan fingerprint density at radius 2 is 0.667 bits per heavy atom. The van der Waals surface area contributed by atoms with Crippen LogP contribution in [0, 0.1) is 0 Å². The number of benzene rings is 9. The van der Waals surface area contributed by atoms with Crippen molar-refractivity contribution >= 4 is 76.6 Å². The standard InChI is InChI=1S/C56H35N3O/c1-3-13-40(14-4-1)57-49-20-10-7-17-43(49)46-33-38(26-30-51(46)57)39-27-31-52-47(34-39)44-18-8-11-21-50(44)58(52)42-28-23-36(24-29-42)37-25-32-53-48(35-37)55-45-19-9-12-22-54(45)60-56(55)59(53)41-15-5-2-6-16-41/h1-35H. The van der Waals surface area contributed by atoms with Crippen molar-refractivity contribution in [1.29, 1.82) is 0 Å². The molecular formula is C56H35N3O. The van der Waals surface area contributed by atoms with Gasteiger partial charge in [-0.15, -0.1) is 0 Å². The van der Waals surface area contributed by atoms with E-state index in [-0.39, 0.29) is 0 Å². The summed E-state index contributed by atoms with van der Waals surface area (Å²) in [6.07, 6.45) is 0. The highest BCUT2D eigenvalue weighted by molar-refractivity contribution is 6.20. The predicted molar refractivity (Wildman–Crippen MR) is 250 cm³/mol. The van der Waals surface area contributed by atoms with Crippen LogP contribution in [0.25, 0.3) is 116 Å². The molecule has 4 nitrogen and oxygen atoms in total. The molecule has 0 unspecified atom stereocenters. The van der Waals surface area contributed by atoms with E-state index in [2.05, 4.69) is 220 Å². The molecular weight excluding hydrogens is 731 g/mol. The lowest BCUT2D eigenvalue weighted by Gasteiger charge is -2.11. The lowest BCUT2D eigenvalue weighted by molar-refractivity contribution is 0.645. The lowest BCUT2D eigenvalue weighted by Crippen LogP contribution is -1.94. The quantitative estimate of drug-likeness (QED) is 0.171.